The van der Waals surface area contributed by atoms with Gasteiger partial charge in [0.2, 0.25) is 5.91 Å². The summed E-state index contributed by atoms with van der Waals surface area (Å²) in [6, 6.07) is 3.96. The molecule has 1 N–H and O–H groups in total. The Balaban J connectivity index is 2.06. The lowest BCUT2D eigenvalue weighted by molar-refractivity contribution is -0.131. The first kappa shape index (κ1) is 14.8. The summed E-state index contributed by atoms with van der Waals surface area (Å²) in [6.45, 7) is 6.03. The molecule has 4 nitrogen and oxygen atoms in total. The maximum Gasteiger partial charge on any atom is 0.222 e. The number of likely N-dealkylation sites (tertiary alicyclic amines) is 1. The fourth-order valence-electron chi connectivity index (χ4n) is 2.89. The molecule has 1 unspecified atom stereocenters. The first-order chi connectivity index (χ1) is 9.61. The van der Waals surface area contributed by atoms with Crippen molar-refractivity contribution in [1.29, 1.82) is 0 Å². The summed E-state index contributed by atoms with van der Waals surface area (Å²) in [5.41, 5.74) is 1.09. The molecule has 0 aromatic carbocycles. The summed E-state index contributed by atoms with van der Waals surface area (Å²) in [5.74, 6) is 2.47. The molecule has 0 saturated carbocycles. The first-order valence-electron chi connectivity index (χ1n) is 7.51. The minimum atomic E-state index is 0.277. The zero-order chi connectivity index (χ0) is 14.5. The maximum atomic E-state index is 12.3. The van der Waals surface area contributed by atoms with Crippen LogP contribution in [0.5, 0.6) is 0 Å². The normalized spacial score (nSPS) is 20.1. The van der Waals surface area contributed by atoms with E-state index in [4.69, 9.17) is 0 Å². The molecule has 0 aliphatic carbocycles. The van der Waals surface area contributed by atoms with Gasteiger partial charge in [-0.2, -0.15) is 0 Å². The third-order valence-corrected chi connectivity index (χ3v) is 4.28. The van der Waals surface area contributed by atoms with Gasteiger partial charge < -0.3 is 10.2 Å². The summed E-state index contributed by atoms with van der Waals surface area (Å²) < 4.78 is 0. The highest BCUT2D eigenvalue weighted by Gasteiger charge is 2.24. The smallest absolute Gasteiger partial charge is 0.222 e. The lowest BCUT2D eigenvalue weighted by Gasteiger charge is -2.22. The lowest BCUT2D eigenvalue weighted by Crippen LogP contribution is -2.30. The standard InChI is InChI=1S/C16H25N3O/c1-12(2)13-6-7-15(20)19(10-8-13)11-14-5-4-9-18-16(14)17-3/h4-5,9,12-13H,6-8,10-11H2,1-3H3,(H,17,18). The highest BCUT2D eigenvalue weighted by molar-refractivity contribution is 5.76. The van der Waals surface area contributed by atoms with Crippen LogP contribution in [0.3, 0.4) is 0 Å². The molecule has 1 atom stereocenters. The molecule has 110 valence electrons. The van der Waals surface area contributed by atoms with Crippen LogP contribution in [0.4, 0.5) is 5.82 Å². The number of carbonyl (C=O) groups excluding carboxylic acids is 1. The van der Waals surface area contributed by atoms with Crippen molar-refractivity contribution >= 4 is 11.7 Å². The van der Waals surface area contributed by atoms with E-state index in [0.717, 1.165) is 30.8 Å². The topological polar surface area (TPSA) is 45.2 Å². The Kier molecular flexibility index (Phi) is 4.99. The molecule has 2 rings (SSSR count). The van der Waals surface area contributed by atoms with E-state index < -0.39 is 0 Å². The molecule has 1 aliphatic rings. The van der Waals surface area contributed by atoms with Crippen molar-refractivity contribution in [2.75, 3.05) is 18.9 Å². The summed E-state index contributed by atoms with van der Waals surface area (Å²) in [4.78, 5) is 18.6. The Hall–Kier alpha value is -1.58. The predicted octanol–water partition coefficient (Wildman–Crippen LogP) is 2.91. The third kappa shape index (κ3) is 3.50. The van der Waals surface area contributed by atoms with Gasteiger partial charge in [0.25, 0.3) is 0 Å². The number of rotatable bonds is 4. The summed E-state index contributed by atoms with van der Waals surface area (Å²) >= 11 is 0. The van der Waals surface area contributed by atoms with E-state index >= 15 is 0 Å². The number of nitrogens with one attached hydrogen (secondary N) is 1. The fraction of sp³-hybridized carbons (Fsp3) is 0.625. The van der Waals surface area contributed by atoms with E-state index in [2.05, 4.69) is 24.1 Å². The second kappa shape index (κ2) is 6.73. The van der Waals surface area contributed by atoms with Crippen molar-refractivity contribution in [2.24, 2.45) is 11.8 Å². The third-order valence-electron chi connectivity index (χ3n) is 4.28. The van der Waals surface area contributed by atoms with E-state index in [0.29, 0.717) is 24.8 Å². The van der Waals surface area contributed by atoms with Crippen LogP contribution < -0.4 is 5.32 Å². The summed E-state index contributed by atoms with van der Waals surface area (Å²) in [5, 5.41) is 3.09. The van der Waals surface area contributed by atoms with Crippen molar-refractivity contribution in [3.05, 3.63) is 23.9 Å². The van der Waals surface area contributed by atoms with Gasteiger partial charge in [-0.25, -0.2) is 4.98 Å². The zero-order valence-corrected chi connectivity index (χ0v) is 12.7. The van der Waals surface area contributed by atoms with E-state index in [1.54, 1.807) is 6.20 Å². The molecule has 1 fully saturated rings. The van der Waals surface area contributed by atoms with Crippen LogP contribution in [0.15, 0.2) is 18.3 Å². The van der Waals surface area contributed by atoms with Gasteiger partial charge in [0, 0.05) is 38.3 Å². The molecular weight excluding hydrogens is 250 g/mol. The molecule has 1 aromatic rings. The largest absolute Gasteiger partial charge is 0.373 e. The number of aromatic nitrogens is 1. The SMILES string of the molecule is CNc1ncccc1CN1CCC(C(C)C)CCC1=O. The van der Waals surface area contributed by atoms with E-state index in [1.807, 2.05) is 24.1 Å². The number of amides is 1. The van der Waals surface area contributed by atoms with Crippen molar-refractivity contribution in [3.63, 3.8) is 0 Å². The molecule has 4 heteroatoms. The van der Waals surface area contributed by atoms with Gasteiger partial charge >= 0.3 is 0 Å². The highest BCUT2D eigenvalue weighted by Crippen LogP contribution is 2.26. The number of pyridine rings is 1. The summed E-state index contributed by atoms with van der Waals surface area (Å²) in [6.07, 6.45) is 4.59. The van der Waals surface area contributed by atoms with Crippen LogP contribution in [0.1, 0.15) is 38.7 Å². The molecule has 0 radical (unpaired) electrons. The average Bonchev–Trinajstić information content (AvgIpc) is 2.62. The number of carbonyl (C=O) groups is 1. The Morgan fingerprint density at radius 3 is 2.95 bits per heavy atom. The minimum Gasteiger partial charge on any atom is -0.373 e. The number of anilines is 1. The predicted molar refractivity (Wildman–Crippen MR) is 81.4 cm³/mol. The van der Waals surface area contributed by atoms with Gasteiger partial charge in [-0.15, -0.1) is 0 Å². The Morgan fingerprint density at radius 2 is 2.25 bits per heavy atom. The monoisotopic (exact) mass is 275 g/mol. The summed E-state index contributed by atoms with van der Waals surface area (Å²) in [7, 11) is 1.87. The van der Waals surface area contributed by atoms with E-state index in [1.165, 1.54) is 0 Å². The number of nitrogens with zero attached hydrogens (tertiary/aromatic N) is 2. The molecule has 1 aromatic heterocycles. The van der Waals surface area contributed by atoms with Crippen LogP contribution in [0.25, 0.3) is 0 Å². The minimum absolute atomic E-state index is 0.277. The maximum absolute atomic E-state index is 12.3. The average molecular weight is 275 g/mol. The van der Waals surface area contributed by atoms with Crippen LogP contribution in [-0.2, 0) is 11.3 Å². The number of hydrogen-bond acceptors (Lipinski definition) is 3. The van der Waals surface area contributed by atoms with Gasteiger partial charge in [-0.05, 0) is 30.7 Å². The molecular formula is C16H25N3O. The van der Waals surface area contributed by atoms with Gasteiger partial charge in [-0.1, -0.05) is 19.9 Å². The van der Waals surface area contributed by atoms with Crippen molar-refractivity contribution in [1.82, 2.24) is 9.88 Å². The van der Waals surface area contributed by atoms with Crippen molar-refractivity contribution in [2.45, 2.75) is 39.7 Å². The molecule has 0 spiro atoms. The Bertz CT molecular complexity index is 459. The molecule has 1 amide bonds. The zero-order valence-electron chi connectivity index (χ0n) is 12.7. The second-order valence-corrected chi connectivity index (χ2v) is 5.91. The van der Waals surface area contributed by atoms with Crippen molar-refractivity contribution in [3.8, 4) is 0 Å². The van der Waals surface area contributed by atoms with Crippen molar-refractivity contribution < 1.29 is 4.79 Å². The Morgan fingerprint density at radius 1 is 1.45 bits per heavy atom. The first-order valence-corrected chi connectivity index (χ1v) is 7.51. The molecule has 2 heterocycles. The van der Waals surface area contributed by atoms with E-state index in [-0.39, 0.29) is 5.91 Å². The highest BCUT2D eigenvalue weighted by atomic mass is 16.2. The van der Waals surface area contributed by atoms with Gasteiger partial charge in [0.1, 0.15) is 5.82 Å². The lowest BCUT2D eigenvalue weighted by atomic mass is 9.89. The quantitative estimate of drug-likeness (QED) is 0.919. The van der Waals surface area contributed by atoms with E-state index in [9.17, 15) is 4.79 Å². The van der Waals surface area contributed by atoms with Crippen LogP contribution in [0.2, 0.25) is 0 Å². The molecule has 1 saturated heterocycles. The molecule has 1 aliphatic heterocycles. The van der Waals surface area contributed by atoms with Crippen LogP contribution >= 0.6 is 0 Å². The van der Waals surface area contributed by atoms with Crippen LogP contribution in [-0.4, -0.2) is 29.4 Å². The van der Waals surface area contributed by atoms with Gasteiger partial charge in [0.05, 0.1) is 0 Å². The van der Waals surface area contributed by atoms with Gasteiger partial charge in [-0.3, -0.25) is 4.79 Å². The Labute approximate surface area is 121 Å². The van der Waals surface area contributed by atoms with Gasteiger partial charge in [0.15, 0.2) is 0 Å². The molecule has 20 heavy (non-hydrogen) atoms. The second-order valence-electron chi connectivity index (χ2n) is 5.91. The van der Waals surface area contributed by atoms with Crippen LogP contribution in [0, 0.1) is 11.8 Å². The number of hydrogen-bond donors (Lipinski definition) is 1. The molecule has 0 bridgehead atoms. The fourth-order valence-corrected chi connectivity index (χ4v) is 2.89.